The Kier molecular flexibility index (Phi) is 3.73. The van der Waals surface area contributed by atoms with Crippen LogP contribution in [-0.4, -0.2) is 55.2 Å². The molecular formula is C15H23N3O. The van der Waals surface area contributed by atoms with Crippen LogP contribution in [0.5, 0.6) is 5.75 Å². The van der Waals surface area contributed by atoms with E-state index in [1.54, 1.807) is 0 Å². The van der Waals surface area contributed by atoms with Crippen LogP contribution in [-0.2, 0) is 0 Å². The van der Waals surface area contributed by atoms with Crippen molar-refractivity contribution in [1.82, 2.24) is 9.80 Å². The second kappa shape index (κ2) is 5.49. The molecule has 4 heteroatoms. The molecule has 0 radical (unpaired) electrons. The number of hydrogen-bond donors (Lipinski definition) is 1. The van der Waals surface area contributed by atoms with Crippen molar-refractivity contribution in [3.8, 4) is 5.75 Å². The summed E-state index contributed by atoms with van der Waals surface area (Å²) in [7, 11) is 0. The molecule has 4 rings (SSSR count). The normalized spacial score (nSPS) is 31.2. The second-order valence-electron chi connectivity index (χ2n) is 5.44. The van der Waals surface area contributed by atoms with E-state index in [0.29, 0.717) is 12.6 Å². The summed E-state index contributed by atoms with van der Waals surface area (Å²) in [6, 6.07) is 8.76. The molecular weight excluding hydrogens is 238 g/mol. The average molecular weight is 261 g/mol. The largest absolute Gasteiger partial charge is 0.494 e. The van der Waals surface area contributed by atoms with Gasteiger partial charge in [0, 0.05) is 44.8 Å². The van der Waals surface area contributed by atoms with Crippen LogP contribution < -0.4 is 10.5 Å². The van der Waals surface area contributed by atoms with Crippen molar-refractivity contribution in [2.24, 2.45) is 5.73 Å². The fourth-order valence-electron chi connectivity index (χ4n) is 3.20. The lowest BCUT2D eigenvalue weighted by Crippen LogP contribution is -2.63. The monoisotopic (exact) mass is 261 g/mol. The van der Waals surface area contributed by atoms with Gasteiger partial charge >= 0.3 is 0 Å². The van der Waals surface area contributed by atoms with Crippen molar-refractivity contribution in [1.29, 1.82) is 0 Å². The molecule has 1 aromatic rings. The summed E-state index contributed by atoms with van der Waals surface area (Å²) in [6.07, 6.45) is 0. The minimum absolute atomic E-state index is 0.0727. The average Bonchev–Trinajstić information content (AvgIpc) is 2.48. The summed E-state index contributed by atoms with van der Waals surface area (Å²) in [6.45, 7) is 8.51. The summed E-state index contributed by atoms with van der Waals surface area (Å²) >= 11 is 0. The number of piperazine rings is 3. The molecule has 4 nitrogen and oxygen atoms in total. The van der Waals surface area contributed by atoms with E-state index in [9.17, 15) is 0 Å². The van der Waals surface area contributed by atoms with Gasteiger partial charge in [0.2, 0.25) is 0 Å². The summed E-state index contributed by atoms with van der Waals surface area (Å²) in [5, 5.41) is 0. The molecule has 0 aliphatic carbocycles. The minimum atomic E-state index is 0.0727. The minimum Gasteiger partial charge on any atom is -0.494 e. The number of fused-ring (bicyclic) bond motifs is 3. The Bertz CT molecular complexity index is 429. The maximum atomic E-state index is 6.50. The summed E-state index contributed by atoms with van der Waals surface area (Å²) < 4.78 is 5.57. The van der Waals surface area contributed by atoms with Crippen LogP contribution in [0.1, 0.15) is 18.5 Å². The molecule has 2 atom stereocenters. The molecule has 0 saturated carbocycles. The van der Waals surface area contributed by atoms with Gasteiger partial charge in [-0.05, 0) is 24.6 Å². The van der Waals surface area contributed by atoms with E-state index in [-0.39, 0.29) is 6.04 Å². The van der Waals surface area contributed by atoms with E-state index in [1.807, 2.05) is 19.1 Å². The van der Waals surface area contributed by atoms with Crippen LogP contribution in [0.3, 0.4) is 0 Å². The first kappa shape index (κ1) is 12.9. The quantitative estimate of drug-likeness (QED) is 0.881. The third-order valence-electron chi connectivity index (χ3n) is 4.29. The Morgan fingerprint density at radius 3 is 2.74 bits per heavy atom. The molecule has 2 bridgehead atoms. The van der Waals surface area contributed by atoms with Gasteiger partial charge in [0.05, 0.1) is 6.61 Å². The Balaban J connectivity index is 1.76. The van der Waals surface area contributed by atoms with Gasteiger partial charge in [-0.2, -0.15) is 0 Å². The first-order valence-corrected chi connectivity index (χ1v) is 7.22. The smallest absolute Gasteiger partial charge is 0.119 e. The SMILES string of the molecule is CCOc1cccc(C(N)C2CN3CCN2CC3)c1. The number of rotatable bonds is 4. The van der Waals surface area contributed by atoms with Crippen molar-refractivity contribution >= 4 is 0 Å². The maximum Gasteiger partial charge on any atom is 0.119 e. The zero-order chi connectivity index (χ0) is 13.2. The zero-order valence-corrected chi connectivity index (χ0v) is 11.6. The van der Waals surface area contributed by atoms with Gasteiger partial charge < -0.3 is 10.5 Å². The molecule has 2 N–H and O–H groups in total. The number of benzene rings is 1. The third kappa shape index (κ3) is 2.61. The van der Waals surface area contributed by atoms with E-state index < -0.39 is 0 Å². The van der Waals surface area contributed by atoms with Crippen LogP contribution in [0.4, 0.5) is 0 Å². The van der Waals surface area contributed by atoms with E-state index in [2.05, 4.69) is 21.9 Å². The van der Waals surface area contributed by atoms with Gasteiger partial charge in [-0.3, -0.25) is 9.80 Å². The van der Waals surface area contributed by atoms with Crippen LogP contribution in [0, 0.1) is 0 Å². The molecule has 0 spiro atoms. The second-order valence-corrected chi connectivity index (χ2v) is 5.44. The highest BCUT2D eigenvalue weighted by Crippen LogP contribution is 2.27. The molecule has 0 aromatic heterocycles. The Labute approximate surface area is 115 Å². The molecule has 1 aromatic carbocycles. The highest BCUT2D eigenvalue weighted by Gasteiger charge is 2.35. The molecule has 3 aliphatic heterocycles. The first-order chi connectivity index (χ1) is 9.28. The lowest BCUT2D eigenvalue weighted by Gasteiger charge is -2.49. The van der Waals surface area contributed by atoms with Crippen LogP contribution in [0.15, 0.2) is 24.3 Å². The van der Waals surface area contributed by atoms with Crippen molar-refractivity contribution in [2.75, 3.05) is 39.3 Å². The van der Waals surface area contributed by atoms with E-state index >= 15 is 0 Å². The fourth-order valence-corrected chi connectivity index (χ4v) is 3.20. The van der Waals surface area contributed by atoms with E-state index in [0.717, 1.165) is 25.4 Å². The highest BCUT2D eigenvalue weighted by atomic mass is 16.5. The Morgan fingerprint density at radius 2 is 2.11 bits per heavy atom. The van der Waals surface area contributed by atoms with Gasteiger partial charge in [0.1, 0.15) is 5.75 Å². The van der Waals surface area contributed by atoms with Gasteiger partial charge in [-0.25, -0.2) is 0 Å². The Morgan fingerprint density at radius 1 is 1.32 bits per heavy atom. The van der Waals surface area contributed by atoms with E-state index in [1.165, 1.54) is 18.7 Å². The number of hydrogen-bond acceptors (Lipinski definition) is 4. The predicted octanol–water partition coefficient (Wildman–Crippen LogP) is 1.08. The molecule has 2 unspecified atom stereocenters. The molecule has 104 valence electrons. The Hall–Kier alpha value is -1.10. The lowest BCUT2D eigenvalue weighted by molar-refractivity contribution is 0.00212. The van der Waals surface area contributed by atoms with Gasteiger partial charge in [-0.15, -0.1) is 0 Å². The van der Waals surface area contributed by atoms with Gasteiger partial charge in [0.25, 0.3) is 0 Å². The van der Waals surface area contributed by atoms with Crippen LogP contribution in [0.2, 0.25) is 0 Å². The van der Waals surface area contributed by atoms with Crippen LogP contribution in [0.25, 0.3) is 0 Å². The van der Waals surface area contributed by atoms with E-state index in [4.69, 9.17) is 10.5 Å². The molecule has 3 aliphatic rings. The van der Waals surface area contributed by atoms with Gasteiger partial charge in [0.15, 0.2) is 0 Å². The maximum absolute atomic E-state index is 6.50. The molecule has 3 fully saturated rings. The number of nitrogens with two attached hydrogens (primary N) is 1. The summed E-state index contributed by atoms with van der Waals surface area (Å²) in [5.41, 5.74) is 7.68. The fraction of sp³-hybridized carbons (Fsp3) is 0.600. The lowest BCUT2D eigenvalue weighted by atomic mass is 9.94. The summed E-state index contributed by atoms with van der Waals surface area (Å²) in [4.78, 5) is 5.06. The van der Waals surface area contributed by atoms with Crippen molar-refractivity contribution in [2.45, 2.75) is 19.0 Å². The predicted molar refractivity (Wildman–Crippen MR) is 76.3 cm³/mol. The first-order valence-electron chi connectivity index (χ1n) is 7.22. The van der Waals surface area contributed by atoms with Gasteiger partial charge in [-0.1, -0.05) is 12.1 Å². The highest BCUT2D eigenvalue weighted by molar-refractivity contribution is 5.31. The van der Waals surface area contributed by atoms with Crippen molar-refractivity contribution in [3.63, 3.8) is 0 Å². The number of ether oxygens (including phenoxy) is 1. The standard InChI is InChI=1S/C15H23N3O/c1-2-19-13-5-3-4-12(10-13)15(16)14-11-17-6-8-18(14)9-7-17/h3-5,10,14-15H,2,6-9,11,16H2,1H3. The number of nitrogens with zero attached hydrogens (tertiary/aromatic N) is 2. The molecule has 3 heterocycles. The summed E-state index contributed by atoms with van der Waals surface area (Å²) in [5.74, 6) is 0.923. The van der Waals surface area contributed by atoms with Crippen molar-refractivity contribution < 1.29 is 4.74 Å². The molecule has 0 amide bonds. The van der Waals surface area contributed by atoms with Crippen LogP contribution >= 0.6 is 0 Å². The topological polar surface area (TPSA) is 41.7 Å². The molecule has 3 saturated heterocycles. The molecule has 19 heavy (non-hydrogen) atoms. The van der Waals surface area contributed by atoms with Crippen molar-refractivity contribution in [3.05, 3.63) is 29.8 Å². The zero-order valence-electron chi connectivity index (χ0n) is 11.6. The third-order valence-corrected chi connectivity index (χ3v) is 4.29.